The Balaban J connectivity index is 1.97. The van der Waals surface area contributed by atoms with Gasteiger partial charge in [0.05, 0.1) is 12.4 Å². The van der Waals surface area contributed by atoms with Crippen LogP contribution in [0.4, 0.5) is 5.82 Å². The Morgan fingerprint density at radius 2 is 2.00 bits per heavy atom. The number of amides is 1. The van der Waals surface area contributed by atoms with E-state index in [4.69, 9.17) is 0 Å². The molecule has 0 unspecified atom stereocenters. The fourth-order valence-corrected chi connectivity index (χ4v) is 1.92. The summed E-state index contributed by atoms with van der Waals surface area (Å²) in [6.45, 7) is 6.25. The quantitative estimate of drug-likeness (QED) is 0.873. The molecule has 0 radical (unpaired) electrons. The molecule has 0 saturated heterocycles. The fourth-order valence-electron chi connectivity index (χ4n) is 1.92. The first-order chi connectivity index (χ1) is 10.2. The number of carbonyl (C=O) groups excluding carboxylic acids is 1. The molecule has 2 rings (SSSR count). The molecule has 2 heterocycles. The van der Waals surface area contributed by atoms with Crippen molar-refractivity contribution in [1.82, 2.24) is 20.3 Å². The van der Waals surface area contributed by atoms with Gasteiger partial charge >= 0.3 is 0 Å². The maximum atomic E-state index is 12.0. The molecule has 6 heteroatoms. The lowest BCUT2D eigenvalue weighted by Gasteiger charge is -2.18. The second-order valence-electron chi connectivity index (χ2n) is 4.48. The SMILES string of the molecule is CCN(CC)c1cnc(C(=O)NCc2cccnc2)cn1. The third-order valence-corrected chi connectivity index (χ3v) is 3.13. The van der Waals surface area contributed by atoms with Gasteiger partial charge in [-0.25, -0.2) is 9.97 Å². The number of anilines is 1. The molecule has 0 aliphatic rings. The van der Waals surface area contributed by atoms with Gasteiger partial charge in [-0.1, -0.05) is 6.07 Å². The Morgan fingerprint density at radius 1 is 1.19 bits per heavy atom. The topological polar surface area (TPSA) is 71.0 Å². The highest BCUT2D eigenvalue weighted by Crippen LogP contribution is 2.08. The summed E-state index contributed by atoms with van der Waals surface area (Å²) in [6, 6.07) is 3.74. The van der Waals surface area contributed by atoms with Crippen LogP contribution in [0.5, 0.6) is 0 Å². The largest absolute Gasteiger partial charge is 0.356 e. The van der Waals surface area contributed by atoms with Crippen LogP contribution in [0.2, 0.25) is 0 Å². The number of rotatable bonds is 6. The van der Waals surface area contributed by atoms with E-state index < -0.39 is 0 Å². The highest BCUT2D eigenvalue weighted by Gasteiger charge is 2.09. The van der Waals surface area contributed by atoms with E-state index in [-0.39, 0.29) is 5.91 Å². The number of aromatic nitrogens is 3. The molecule has 2 aromatic rings. The van der Waals surface area contributed by atoms with Gasteiger partial charge in [0.1, 0.15) is 11.5 Å². The predicted molar refractivity (Wildman–Crippen MR) is 81.0 cm³/mol. The maximum Gasteiger partial charge on any atom is 0.271 e. The number of pyridine rings is 1. The Hall–Kier alpha value is -2.50. The molecule has 0 saturated carbocycles. The van der Waals surface area contributed by atoms with E-state index in [9.17, 15) is 4.79 Å². The molecule has 0 spiro atoms. The first-order valence-corrected chi connectivity index (χ1v) is 6.98. The van der Waals surface area contributed by atoms with Gasteiger partial charge in [-0.15, -0.1) is 0 Å². The van der Waals surface area contributed by atoms with Gasteiger partial charge in [-0.3, -0.25) is 9.78 Å². The van der Waals surface area contributed by atoms with E-state index in [2.05, 4.69) is 39.0 Å². The van der Waals surface area contributed by atoms with Crippen molar-refractivity contribution in [2.75, 3.05) is 18.0 Å². The standard InChI is InChI=1S/C15H19N5O/c1-3-20(4-2)14-11-17-13(10-18-14)15(21)19-9-12-6-5-7-16-8-12/h5-8,10-11H,3-4,9H2,1-2H3,(H,19,21). The van der Waals surface area contributed by atoms with Crippen LogP contribution in [0.3, 0.4) is 0 Å². The predicted octanol–water partition coefficient (Wildman–Crippen LogP) is 1.65. The van der Waals surface area contributed by atoms with Crippen LogP contribution in [-0.4, -0.2) is 33.9 Å². The van der Waals surface area contributed by atoms with Gasteiger partial charge < -0.3 is 10.2 Å². The summed E-state index contributed by atoms with van der Waals surface area (Å²) >= 11 is 0. The highest BCUT2D eigenvalue weighted by molar-refractivity contribution is 5.91. The number of nitrogens with zero attached hydrogens (tertiary/aromatic N) is 4. The molecular weight excluding hydrogens is 266 g/mol. The molecule has 1 amide bonds. The second-order valence-corrected chi connectivity index (χ2v) is 4.48. The summed E-state index contributed by atoms with van der Waals surface area (Å²) in [7, 11) is 0. The summed E-state index contributed by atoms with van der Waals surface area (Å²) in [5.74, 6) is 0.543. The van der Waals surface area contributed by atoms with E-state index in [0.29, 0.717) is 12.2 Å². The van der Waals surface area contributed by atoms with Gasteiger partial charge in [0.15, 0.2) is 0 Å². The number of nitrogens with one attached hydrogen (secondary N) is 1. The van der Waals surface area contributed by atoms with Crippen LogP contribution in [0, 0.1) is 0 Å². The van der Waals surface area contributed by atoms with Crippen molar-refractivity contribution in [3.05, 3.63) is 48.2 Å². The van der Waals surface area contributed by atoms with Gasteiger partial charge in [-0.2, -0.15) is 0 Å². The molecule has 0 aromatic carbocycles. The van der Waals surface area contributed by atoms with E-state index in [1.165, 1.54) is 6.20 Å². The smallest absolute Gasteiger partial charge is 0.271 e. The number of hydrogen-bond acceptors (Lipinski definition) is 5. The zero-order chi connectivity index (χ0) is 15.1. The molecule has 6 nitrogen and oxygen atoms in total. The minimum absolute atomic E-state index is 0.238. The summed E-state index contributed by atoms with van der Waals surface area (Å²) in [5, 5.41) is 2.80. The maximum absolute atomic E-state index is 12.0. The Kier molecular flexibility index (Phi) is 5.20. The van der Waals surface area contributed by atoms with E-state index in [1.54, 1.807) is 18.6 Å². The molecule has 0 atom stereocenters. The zero-order valence-electron chi connectivity index (χ0n) is 12.3. The molecule has 0 fully saturated rings. The molecule has 110 valence electrons. The monoisotopic (exact) mass is 285 g/mol. The van der Waals surface area contributed by atoms with Crippen molar-refractivity contribution < 1.29 is 4.79 Å². The zero-order valence-corrected chi connectivity index (χ0v) is 12.3. The van der Waals surface area contributed by atoms with Crippen molar-refractivity contribution in [1.29, 1.82) is 0 Å². The van der Waals surface area contributed by atoms with Crippen molar-refractivity contribution in [3.8, 4) is 0 Å². The van der Waals surface area contributed by atoms with E-state index in [1.807, 2.05) is 12.1 Å². The number of carbonyl (C=O) groups is 1. The summed E-state index contributed by atoms with van der Waals surface area (Å²) in [6.07, 6.45) is 6.55. The lowest BCUT2D eigenvalue weighted by atomic mass is 10.3. The van der Waals surface area contributed by atoms with Crippen molar-refractivity contribution in [2.24, 2.45) is 0 Å². The second kappa shape index (κ2) is 7.33. The molecule has 0 aliphatic heterocycles. The first-order valence-electron chi connectivity index (χ1n) is 6.98. The lowest BCUT2D eigenvalue weighted by molar-refractivity contribution is 0.0945. The normalized spacial score (nSPS) is 10.2. The molecule has 2 aromatic heterocycles. The highest BCUT2D eigenvalue weighted by atomic mass is 16.1. The first kappa shape index (κ1) is 14.9. The van der Waals surface area contributed by atoms with Crippen molar-refractivity contribution >= 4 is 11.7 Å². The third kappa shape index (κ3) is 3.98. The molecule has 1 N–H and O–H groups in total. The van der Waals surface area contributed by atoms with E-state index in [0.717, 1.165) is 24.5 Å². The van der Waals surface area contributed by atoms with Crippen molar-refractivity contribution in [3.63, 3.8) is 0 Å². The van der Waals surface area contributed by atoms with Crippen molar-refractivity contribution in [2.45, 2.75) is 20.4 Å². The van der Waals surface area contributed by atoms with Gasteiger partial charge in [-0.05, 0) is 25.5 Å². The van der Waals surface area contributed by atoms with Crippen LogP contribution in [0.1, 0.15) is 29.9 Å². The fraction of sp³-hybridized carbons (Fsp3) is 0.333. The minimum atomic E-state index is -0.238. The average molecular weight is 285 g/mol. The molecular formula is C15H19N5O. The Bertz CT molecular complexity index is 566. The van der Waals surface area contributed by atoms with Gasteiger partial charge in [0.25, 0.3) is 5.91 Å². The summed E-state index contributed by atoms with van der Waals surface area (Å²) < 4.78 is 0. The summed E-state index contributed by atoms with van der Waals surface area (Å²) in [5.41, 5.74) is 1.26. The van der Waals surface area contributed by atoms with Crippen LogP contribution >= 0.6 is 0 Å². The van der Waals surface area contributed by atoms with Crippen LogP contribution in [0.25, 0.3) is 0 Å². The van der Waals surface area contributed by atoms with Gasteiger partial charge in [0, 0.05) is 32.0 Å². The van der Waals surface area contributed by atoms with Crippen LogP contribution in [-0.2, 0) is 6.54 Å². The Morgan fingerprint density at radius 3 is 2.57 bits per heavy atom. The molecule has 21 heavy (non-hydrogen) atoms. The lowest BCUT2D eigenvalue weighted by Crippen LogP contribution is -2.26. The van der Waals surface area contributed by atoms with E-state index >= 15 is 0 Å². The Labute approximate surface area is 124 Å². The molecule has 0 bridgehead atoms. The van der Waals surface area contributed by atoms with Crippen LogP contribution < -0.4 is 10.2 Å². The van der Waals surface area contributed by atoms with Crippen LogP contribution in [0.15, 0.2) is 36.9 Å². The summed E-state index contributed by atoms with van der Waals surface area (Å²) in [4.78, 5) is 26.5. The minimum Gasteiger partial charge on any atom is -0.356 e. The third-order valence-electron chi connectivity index (χ3n) is 3.13. The molecule has 0 aliphatic carbocycles. The van der Waals surface area contributed by atoms with Gasteiger partial charge in [0.2, 0.25) is 0 Å². The average Bonchev–Trinajstić information content (AvgIpc) is 2.55. The number of hydrogen-bond donors (Lipinski definition) is 1.